The highest BCUT2D eigenvalue weighted by molar-refractivity contribution is 6.38. The van der Waals surface area contributed by atoms with Crippen LogP contribution in [0.4, 0.5) is 4.79 Å². The molecular formula is C16H12Cl4O4. The molecule has 0 bridgehead atoms. The number of aromatic hydroxyl groups is 1. The van der Waals surface area contributed by atoms with E-state index < -0.39 is 11.6 Å². The Balaban J connectivity index is 2.56. The van der Waals surface area contributed by atoms with Crippen LogP contribution >= 0.6 is 46.4 Å². The third-order valence-corrected chi connectivity index (χ3v) is 4.79. The van der Waals surface area contributed by atoms with E-state index in [-0.39, 0.29) is 31.6 Å². The van der Waals surface area contributed by atoms with Crippen molar-refractivity contribution in [1.29, 1.82) is 0 Å². The van der Waals surface area contributed by atoms with E-state index in [9.17, 15) is 9.90 Å². The maximum atomic E-state index is 10.7. The minimum absolute atomic E-state index is 0.0592. The van der Waals surface area contributed by atoms with Crippen molar-refractivity contribution >= 4 is 52.6 Å². The molecule has 0 aliphatic carbocycles. The Hall–Kier alpha value is -1.33. The van der Waals surface area contributed by atoms with Crippen LogP contribution in [0.3, 0.4) is 0 Å². The molecule has 0 aromatic heterocycles. The van der Waals surface area contributed by atoms with Gasteiger partial charge in [-0.2, -0.15) is 0 Å². The Labute approximate surface area is 158 Å². The van der Waals surface area contributed by atoms with E-state index in [0.717, 1.165) is 0 Å². The summed E-state index contributed by atoms with van der Waals surface area (Å²) >= 11 is 24.2. The van der Waals surface area contributed by atoms with Gasteiger partial charge in [-0.1, -0.05) is 60.3 Å². The highest BCUT2D eigenvalue weighted by atomic mass is 35.5. The molecule has 2 aromatic carbocycles. The summed E-state index contributed by atoms with van der Waals surface area (Å²) < 4.78 is 4.58. The van der Waals surface area contributed by atoms with E-state index in [1.807, 2.05) is 13.8 Å². The molecular weight excluding hydrogens is 398 g/mol. The van der Waals surface area contributed by atoms with Crippen molar-refractivity contribution in [2.45, 2.75) is 19.3 Å². The molecule has 4 nitrogen and oxygen atoms in total. The molecule has 0 unspecified atom stereocenters. The predicted molar refractivity (Wildman–Crippen MR) is 95.4 cm³/mol. The maximum absolute atomic E-state index is 10.7. The molecule has 0 radical (unpaired) electrons. The van der Waals surface area contributed by atoms with Crippen molar-refractivity contribution in [3.63, 3.8) is 0 Å². The molecule has 8 heteroatoms. The van der Waals surface area contributed by atoms with Crippen LogP contribution in [0, 0.1) is 0 Å². The maximum Gasteiger partial charge on any atom is 0.511 e. The molecule has 2 rings (SSSR count). The number of rotatable bonds is 3. The molecule has 128 valence electrons. The molecule has 0 atom stereocenters. The van der Waals surface area contributed by atoms with Gasteiger partial charge in [-0.05, 0) is 35.4 Å². The van der Waals surface area contributed by atoms with E-state index in [1.54, 1.807) is 24.3 Å². The molecule has 2 N–H and O–H groups in total. The zero-order chi connectivity index (χ0) is 18.2. The summed E-state index contributed by atoms with van der Waals surface area (Å²) in [5.74, 6) is -0.327. The van der Waals surface area contributed by atoms with Crippen LogP contribution in [0.5, 0.6) is 11.5 Å². The molecule has 2 aromatic rings. The smallest absolute Gasteiger partial charge is 0.505 e. The summed E-state index contributed by atoms with van der Waals surface area (Å²) in [6.07, 6.45) is -1.51. The Morgan fingerprint density at radius 3 is 1.67 bits per heavy atom. The van der Waals surface area contributed by atoms with E-state index in [0.29, 0.717) is 11.1 Å². The fourth-order valence-electron chi connectivity index (χ4n) is 2.20. The second kappa shape index (κ2) is 6.89. The van der Waals surface area contributed by atoms with Gasteiger partial charge in [-0.3, -0.25) is 0 Å². The molecule has 0 saturated heterocycles. The summed E-state index contributed by atoms with van der Waals surface area (Å²) in [4.78, 5) is 10.7. The summed E-state index contributed by atoms with van der Waals surface area (Å²) in [5.41, 5.74) is 0.776. The normalized spacial score (nSPS) is 11.4. The number of halogens is 4. The van der Waals surface area contributed by atoms with E-state index in [4.69, 9.17) is 51.5 Å². The topological polar surface area (TPSA) is 66.8 Å². The van der Waals surface area contributed by atoms with Crippen LogP contribution in [0.1, 0.15) is 25.0 Å². The number of carboxylic acid groups (broad SMARTS) is 1. The van der Waals surface area contributed by atoms with Gasteiger partial charge >= 0.3 is 6.16 Å². The second-order valence-corrected chi connectivity index (χ2v) is 7.18. The van der Waals surface area contributed by atoms with Crippen LogP contribution in [-0.4, -0.2) is 16.4 Å². The molecule has 0 amide bonds. The SMILES string of the molecule is CC(C)(c1cc(Cl)c(O)c(Cl)c1)c1cc(Cl)c(OC(=O)O)c(Cl)c1. The number of hydrogen-bond acceptors (Lipinski definition) is 3. The third kappa shape index (κ3) is 3.67. The van der Waals surface area contributed by atoms with Crippen LogP contribution in [0.25, 0.3) is 0 Å². The summed E-state index contributed by atoms with van der Waals surface area (Å²) in [6.45, 7) is 3.76. The molecule has 0 spiro atoms. The number of benzene rings is 2. The third-order valence-electron chi connectivity index (χ3n) is 3.65. The first-order valence-corrected chi connectivity index (χ1v) is 8.14. The van der Waals surface area contributed by atoms with E-state index in [1.165, 1.54) is 0 Å². The van der Waals surface area contributed by atoms with Crippen molar-refractivity contribution < 1.29 is 19.7 Å². The average molecular weight is 410 g/mol. The predicted octanol–water partition coefficient (Wildman–Crippen LogP) is 6.39. The molecule has 0 saturated carbocycles. The summed E-state index contributed by atoms with van der Waals surface area (Å²) in [6, 6.07) is 6.29. The zero-order valence-electron chi connectivity index (χ0n) is 12.5. The van der Waals surface area contributed by atoms with Crippen molar-refractivity contribution in [1.82, 2.24) is 0 Å². The number of carbonyl (C=O) groups is 1. The zero-order valence-corrected chi connectivity index (χ0v) is 15.6. The van der Waals surface area contributed by atoms with Gasteiger partial charge in [0.05, 0.1) is 20.1 Å². The molecule has 0 aliphatic heterocycles. The average Bonchev–Trinajstić information content (AvgIpc) is 2.47. The van der Waals surface area contributed by atoms with E-state index >= 15 is 0 Å². The monoisotopic (exact) mass is 408 g/mol. The molecule has 0 fully saturated rings. The number of hydrogen-bond donors (Lipinski definition) is 2. The van der Waals surface area contributed by atoms with Gasteiger partial charge in [0.1, 0.15) is 0 Å². The molecule has 24 heavy (non-hydrogen) atoms. The first kappa shape index (κ1) is 19.0. The van der Waals surface area contributed by atoms with Gasteiger partial charge in [-0.15, -0.1) is 0 Å². The highest BCUT2D eigenvalue weighted by Gasteiger charge is 2.27. The Kier molecular flexibility index (Phi) is 5.45. The standard InChI is InChI=1S/C16H12Cl4O4/c1-16(2,7-3-9(17)13(21)10(18)4-7)8-5-11(19)14(12(20)6-8)24-15(22)23/h3-6,21H,1-2H3,(H,22,23). The van der Waals surface area contributed by atoms with Gasteiger partial charge < -0.3 is 14.9 Å². The Morgan fingerprint density at radius 1 is 0.917 bits per heavy atom. The number of ether oxygens (including phenoxy) is 1. The van der Waals surface area contributed by atoms with Crippen LogP contribution in [-0.2, 0) is 5.41 Å². The number of phenols is 1. The minimum atomic E-state index is -1.51. The quantitative estimate of drug-likeness (QED) is 0.455. The van der Waals surface area contributed by atoms with Crippen LogP contribution < -0.4 is 4.74 Å². The molecule has 0 aliphatic rings. The van der Waals surface area contributed by atoms with Crippen molar-refractivity contribution in [3.05, 3.63) is 55.5 Å². The highest BCUT2D eigenvalue weighted by Crippen LogP contribution is 2.43. The number of phenolic OH excluding ortho intramolecular Hbond substituents is 1. The molecule has 0 heterocycles. The van der Waals surface area contributed by atoms with Gasteiger partial charge in [0.15, 0.2) is 11.5 Å². The fraction of sp³-hybridized carbons (Fsp3) is 0.188. The summed E-state index contributed by atoms with van der Waals surface area (Å²) in [7, 11) is 0. The second-order valence-electron chi connectivity index (χ2n) is 5.55. The first-order valence-electron chi connectivity index (χ1n) is 6.62. The van der Waals surface area contributed by atoms with Crippen LogP contribution in [0.2, 0.25) is 20.1 Å². The van der Waals surface area contributed by atoms with Crippen molar-refractivity contribution in [2.24, 2.45) is 0 Å². The minimum Gasteiger partial charge on any atom is -0.505 e. The summed E-state index contributed by atoms with van der Waals surface area (Å²) in [5, 5.41) is 18.8. The van der Waals surface area contributed by atoms with Crippen molar-refractivity contribution in [2.75, 3.05) is 0 Å². The fourth-order valence-corrected chi connectivity index (χ4v) is 3.25. The van der Waals surface area contributed by atoms with Gasteiger partial charge in [-0.25, -0.2) is 4.79 Å². The lowest BCUT2D eigenvalue weighted by molar-refractivity contribution is 0.144. The largest absolute Gasteiger partial charge is 0.511 e. The van der Waals surface area contributed by atoms with Gasteiger partial charge in [0, 0.05) is 5.41 Å². The van der Waals surface area contributed by atoms with Crippen LogP contribution in [0.15, 0.2) is 24.3 Å². The Bertz CT molecular complexity index is 772. The Morgan fingerprint density at radius 2 is 1.29 bits per heavy atom. The van der Waals surface area contributed by atoms with Gasteiger partial charge in [0.25, 0.3) is 0 Å². The van der Waals surface area contributed by atoms with Gasteiger partial charge in [0.2, 0.25) is 0 Å². The lowest BCUT2D eigenvalue weighted by atomic mass is 9.78. The first-order chi connectivity index (χ1) is 11.0. The van der Waals surface area contributed by atoms with Crippen molar-refractivity contribution in [3.8, 4) is 11.5 Å². The lowest BCUT2D eigenvalue weighted by Crippen LogP contribution is -2.19. The lowest BCUT2D eigenvalue weighted by Gasteiger charge is -2.27. The van der Waals surface area contributed by atoms with E-state index in [2.05, 4.69) is 4.74 Å².